The summed E-state index contributed by atoms with van der Waals surface area (Å²) >= 11 is 0. The van der Waals surface area contributed by atoms with E-state index in [1.807, 2.05) is 0 Å². The third kappa shape index (κ3) is 3.47. The van der Waals surface area contributed by atoms with Crippen molar-refractivity contribution in [2.24, 2.45) is 0 Å². The predicted octanol–water partition coefficient (Wildman–Crippen LogP) is 0.923. The summed E-state index contributed by atoms with van der Waals surface area (Å²) in [6.07, 6.45) is 3.27. The van der Waals surface area contributed by atoms with E-state index in [2.05, 4.69) is 17.1 Å². The zero-order valence-electron chi connectivity index (χ0n) is 9.70. The molecule has 2 unspecified atom stereocenters. The normalized spacial score (nSPS) is 24.1. The average molecular weight is 214 g/mol. The lowest BCUT2D eigenvalue weighted by Crippen LogP contribution is -2.52. The molecule has 2 N–H and O–H groups in total. The van der Waals surface area contributed by atoms with Gasteiger partial charge in [0.25, 0.3) is 0 Å². The Labute approximate surface area is 91.6 Å². The van der Waals surface area contributed by atoms with Crippen LogP contribution in [0, 0.1) is 0 Å². The van der Waals surface area contributed by atoms with Crippen molar-refractivity contribution in [3.8, 4) is 0 Å². The van der Waals surface area contributed by atoms with Crippen LogP contribution < -0.4 is 5.32 Å². The zero-order chi connectivity index (χ0) is 11.3. The van der Waals surface area contributed by atoms with Crippen LogP contribution in [0.1, 0.15) is 33.1 Å². The Kier molecular flexibility index (Phi) is 5.05. The minimum Gasteiger partial charge on any atom is -0.480 e. The highest BCUT2D eigenvalue weighted by Crippen LogP contribution is 2.14. The fraction of sp³-hybridized carbons (Fsp3) is 0.909. The van der Waals surface area contributed by atoms with E-state index in [1.165, 1.54) is 0 Å². The first-order chi connectivity index (χ1) is 7.16. The van der Waals surface area contributed by atoms with Gasteiger partial charge in [0.2, 0.25) is 0 Å². The highest BCUT2D eigenvalue weighted by Gasteiger charge is 2.27. The van der Waals surface area contributed by atoms with Gasteiger partial charge in [-0.1, -0.05) is 6.92 Å². The summed E-state index contributed by atoms with van der Waals surface area (Å²) in [4.78, 5) is 13.1. The number of aliphatic carboxylic acids is 1. The Balaban J connectivity index is 2.58. The van der Waals surface area contributed by atoms with Crippen molar-refractivity contribution < 1.29 is 9.90 Å². The number of rotatable bonds is 5. The molecule has 1 saturated heterocycles. The molecule has 1 aliphatic rings. The summed E-state index contributed by atoms with van der Waals surface area (Å²) in [6.45, 7) is 6.75. The second-order valence-corrected chi connectivity index (χ2v) is 4.25. The number of carboxylic acids is 1. The summed E-state index contributed by atoms with van der Waals surface area (Å²) in [5.74, 6) is -0.714. The lowest BCUT2D eigenvalue weighted by Gasteiger charge is -2.36. The monoisotopic (exact) mass is 214 g/mol. The van der Waals surface area contributed by atoms with Crippen LogP contribution >= 0.6 is 0 Å². The topological polar surface area (TPSA) is 52.6 Å². The molecule has 2 atom stereocenters. The van der Waals surface area contributed by atoms with Gasteiger partial charge in [0.15, 0.2) is 0 Å². The first-order valence-corrected chi connectivity index (χ1v) is 5.86. The molecule has 1 heterocycles. The maximum atomic E-state index is 11.0. The zero-order valence-corrected chi connectivity index (χ0v) is 9.70. The van der Waals surface area contributed by atoms with Gasteiger partial charge >= 0.3 is 5.97 Å². The van der Waals surface area contributed by atoms with Crippen LogP contribution in [0.4, 0.5) is 0 Å². The fourth-order valence-corrected chi connectivity index (χ4v) is 2.21. The maximum Gasteiger partial charge on any atom is 0.320 e. The number of piperidine rings is 1. The third-order valence-electron chi connectivity index (χ3n) is 3.08. The summed E-state index contributed by atoms with van der Waals surface area (Å²) in [5.41, 5.74) is 0. The Morgan fingerprint density at radius 1 is 1.67 bits per heavy atom. The molecule has 0 aromatic heterocycles. The van der Waals surface area contributed by atoms with E-state index < -0.39 is 5.97 Å². The Morgan fingerprint density at radius 2 is 2.40 bits per heavy atom. The summed E-state index contributed by atoms with van der Waals surface area (Å²) < 4.78 is 0. The minimum absolute atomic E-state index is 0.366. The molecule has 0 aromatic rings. The molecule has 0 saturated carbocycles. The number of nitrogens with zero attached hydrogens (tertiary/aromatic N) is 1. The number of hydrogen-bond acceptors (Lipinski definition) is 3. The van der Waals surface area contributed by atoms with Crippen LogP contribution in [0.3, 0.4) is 0 Å². The van der Waals surface area contributed by atoms with Gasteiger partial charge in [-0.3, -0.25) is 9.69 Å². The van der Waals surface area contributed by atoms with Gasteiger partial charge in [0, 0.05) is 12.6 Å². The number of nitrogens with one attached hydrogen (secondary N) is 1. The Bertz CT molecular complexity index is 203. The summed E-state index contributed by atoms with van der Waals surface area (Å²) in [6, 6.07) is 0.0275. The molecule has 1 aliphatic heterocycles. The number of carboxylic acid groups (broad SMARTS) is 1. The van der Waals surface area contributed by atoms with Gasteiger partial charge in [0.1, 0.15) is 6.04 Å². The molecule has 0 radical (unpaired) electrons. The molecule has 0 aromatic carbocycles. The van der Waals surface area contributed by atoms with Crippen LogP contribution in [0.15, 0.2) is 0 Å². The van der Waals surface area contributed by atoms with Crippen molar-refractivity contribution in [2.75, 3.05) is 19.6 Å². The lowest BCUT2D eigenvalue weighted by molar-refractivity contribution is -0.143. The second-order valence-electron chi connectivity index (χ2n) is 4.25. The van der Waals surface area contributed by atoms with Crippen LogP contribution in [-0.2, 0) is 4.79 Å². The van der Waals surface area contributed by atoms with Crippen LogP contribution in [0.2, 0.25) is 0 Å². The molecule has 4 nitrogen and oxygen atoms in total. The molecule has 4 heteroatoms. The molecule has 1 rings (SSSR count). The molecule has 0 aliphatic carbocycles. The van der Waals surface area contributed by atoms with Crippen molar-refractivity contribution in [1.82, 2.24) is 10.2 Å². The van der Waals surface area contributed by atoms with E-state index in [4.69, 9.17) is 5.11 Å². The van der Waals surface area contributed by atoms with Gasteiger partial charge in [-0.05, 0) is 39.3 Å². The highest BCUT2D eigenvalue weighted by atomic mass is 16.4. The quantitative estimate of drug-likeness (QED) is 0.714. The molecule has 88 valence electrons. The molecule has 1 fully saturated rings. The smallest absolute Gasteiger partial charge is 0.320 e. The molecular formula is C11H22N2O2. The SMILES string of the molecule is CCCN(C1CCCNC1)C(C)C(=O)O. The fourth-order valence-electron chi connectivity index (χ4n) is 2.21. The van der Waals surface area contributed by atoms with Crippen LogP contribution in [0.5, 0.6) is 0 Å². The number of hydrogen-bond donors (Lipinski definition) is 2. The van der Waals surface area contributed by atoms with Gasteiger partial charge in [-0.15, -0.1) is 0 Å². The van der Waals surface area contributed by atoms with Gasteiger partial charge < -0.3 is 10.4 Å². The summed E-state index contributed by atoms with van der Waals surface area (Å²) in [7, 11) is 0. The van der Waals surface area contributed by atoms with Gasteiger partial charge in [-0.25, -0.2) is 0 Å². The van der Waals surface area contributed by atoms with E-state index in [-0.39, 0.29) is 6.04 Å². The van der Waals surface area contributed by atoms with Crippen LogP contribution in [-0.4, -0.2) is 47.7 Å². The van der Waals surface area contributed by atoms with Gasteiger partial charge in [0.05, 0.1) is 0 Å². The first-order valence-electron chi connectivity index (χ1n) is 5.86. The average Bonchev–Trinajstić information content (AvgIpc) is 2.26. The van der Waals surface area contributed by atoms with Gasteiger partial charge in [-0.2, -0.15) is 0 Å². The van der Waals surface area contributed by atoms with E-state index in [1.54, 1.807) is 6.92 Å². The lowest BCUT2D eigenvalue weighted by atomic mass is 10.0. The summed E-state index contributed by atoms with van der Waals surface area (Å²) in [5, 5.41) is 12.4. The largest absolute Gasteiger partial charge is 0.480 e. The Morgan fingerprint density at radius 3 is 2.87 bits per heavy atom. The number of carbonyl (C=O) groups is 1. The van der Waals surface area contributed by atoms with E-state index in [9.17, 15) is 4.79 Å². The van der Waals surface area contributed by atoms with Crippen molar-refractivity contribution in [2.45, 2.75) is 45.2 Å². The molecule has 0 bridgehead atoms. The highest BCUT2D eigenvalue weighted by molar-refractivity contribution is 5.72. The third-order valence-corrected chi connectivity index (χ3v) is 3.08. The van der Waals surface area contributed by atoms with Crippen molar-refractivity contribution in [3.05, 3.63) is 0 Å². The minimum atomic E-state index is -0.714. The van der Waals surface area contributed by atoms with E-state index >= 15 is 0 Å². The maximum absolute atomic E-state index is 11.0. The molecular weight excluding hydrogens is 192 g/mol. The second kappa shape index (κ2) is 6.08. The van der Waals surface area contributed by atoms with E-state index in [0.717, 1.165) is 38.9 Å². The predicted molar refractivity (Wildman–Crippen MR) is 60.0 cm³/mol. The van der Waals surface area contributed by atoms with Crippen molar-refractivity contribution in [1.29, 1.82) is 0 Å². The van der Waals surface area contributed by atoms with Crippen molar-refractivity contribution >= 4 is 5.97 Å². The van der Waals surface area contributed by atoms with Crippen LogP contribution in [0.25, 0.3) is 0 Å². The van der Waals surface area contributed by atoms with E-state index in [0.29, 0.717) is 6.04 Å². The Hall–Kier alpha value is -0.610. The molecule has 0 spiro atoms. The molecule has 0 amide bonds. The van der Waals surface area contributed by atoms with Crippen molar-refractivity contribution in [3.63, 3.8) is 0 Å². The first kappa shape index (κ1) is 12.5. The molecule has 15 heavy (non-hydrogen) atoms. The standard InChI is InChI=1S/C11H22N2O2/c1-3-7-13(9(2)11(14)15)10-5-4-6-12-8-10/h9-10,12H,3-8H2,1-2H3,(H,14,15).